The van der Waals surface area contributed by atoms with Gasteiger partial charge in [-0.3, -0.25) is 14.4 Å². The molecule has 4 rings (SSSR count). The molecule has 0 saturated carbocycles. The maximum atomic E-state index is 14.3. The van der Waals surface area contributed by atoms with Gasteiger partial charge in [0.25, 0.3) is 0 Å². The number of unbranched alkanes of at least 4 members (excludes halogenated alkanes) is 4. The van der Waals surface area contributed by atoms with E-state index in [4.69, 9.17) is 14.6 Å². The smallest absolute Gasteiger partial charge is 0.312 e. The molecule has 8 nitrogen and oxygen atoms in total. The van der Waals surface area contributed by atoms with Crippen LogP contribution in [-0.2, 0) is 30.4 Å². The van der Waals surface area contributed by atoms with E-state index in [-0.39, 0.29) is 25.0 Å². The third kappa shape index (κ3) is 5.97. The fraction of sp³-hybridized carbons (Fsp3) is 0.581. The van der Waals surface area contributed by atoms with Gasteiger partial charge < -0.3 is 24.4 Å². The molecule has 212 valence electrons. The van der Waals surface area contributed by atoms with Crippen molar-refractivity contribution in [1.29, 1.82) is 0 Å². The zero-order valence-corrected chi connectivity index (χ0v) is 22.8. The molecule has 39 heavy (non-hydrogen) atoms. The largest absolute Gasteiger partial charge is 0.465 e. The summed E-state index contributed by atoms with van der Waals surface area (Å²) in [5, 5.41) is 9.13. The van der Waals surface area contributed by atoms with Crippen LogP contribution in [0, 0.1) is 11.8 Å². The number of ether oxygens (including phenoxy) is 2. The minimum Gasteiger partial charge on any atom is -0.465 e. The minimum atomic E-state index is -1.04. The van der Waals surface area contributed by atoms with Crippen molar-refractivity contribution in [3.05, 3.63) is 61.2 Å². The van der Waals surface area contributed by atoms with Crippen molar-refractivity contribution < 1.29 is 29.0 Å². The van der Waals surface area contributed by atoms with Crippen LogP contribution in [0.1, 0.15) is 56.9 Å². The average Bonchev–Trinajstić information content (AvgIpc) is 3.58. The van der Waals surface area contributed by atoms with Gasteiger partial charge in [0.05, 0.1) is 24.5 Å². The van der Waals surface area contributed by atoms with E-state index in [1.165, 1.54) is 0 Å². The highest BCUT2D eigenvalue weighted by Crippen LogP contribution is 2.58. The van der Waals surface area contributed by atoms with Crippen LogP contribution in [-0.4, -0.2) is 76.7 Å². The first kappa shape index (κ1) is 29.0. The number of likely N-dealkylation sites (tertiary alicyclic amines) is 1. The van der Waals surface area contributed by atoms with E-state index in [9.17, 15) is 14.4 Å². The maximum absolute atomic E-state index is 14.3. The molecule has 1 aromatic carbocycles. The maximum Gasteiger partial charge on any atom is 0.312 e. The molecule has 2 unspecified atom stereocenters. The van der Waals surface area contributed by atoms with Gasteiger partial charge in [-0.05, 0) is 44.1 Å². The summed E-state index contributed by atoms with van der Waals surface area (Å²) in [4.78, 5) is 45.0. The number of benzene rings is 1. The van der Waals surface area contributed by atoms with Crippen LogP contribution in [0.5, 0.6) is 0 Å². The molecule has 3 saturated heterocycles. The fourth-order valence-electron chi connectivity index (χ4n) is 6.55. The van der Waals surface area contributed by atoms with Gasteiger partial charge in [0, 0.05) is 26.2 Å². The van der Waals surface area contributed by atoms with Gasteiger partial charge in [0.15, 0.2) is 0 Å². The topological polar surface area (TPSA) is 96.4 Å². The van der Waals surface area contributed by atoms with Crippen LogP contribution in [0.25, 0.3) is 0 Å². The van der Waals surface area contributed by atoms with Crippen molar-refractivity contribution in [2.45, 2.75) is 75.7 Å². The van der Waals surface area contributed by atoms with Crippen LogP contribution in [0.3, 0.4) is 0 Å². The Balaban J connectivity index is 1.61. The number of allylic oxidation sites excluding steroid dienone is 1. The van der Waals surface area contributed by atoms with Crippen LogP contribution in [0.15, 0.2) is 55.6 Å². The number of carbonyl (C=O) groups excluding carboxylic acids is 3. The molecule has 1 aromatic rings. The van der Waals surface area contributed by atoms with Crippen molar-refractivity contribution >= 4 is 17.8 Å². The van der Waals surface area contributed by atoms with Crippen molar-refractivity contribution in [2.24, 2.45) is 11.8 Å². The highest BCUT2D eigenvalue weighted by atomic mass is 16.6. The van der Waals surface area contributed by atoms with Crippen molar-refractivity contribution in [3.63, 3.8) is 0 Å². The number of aliphatic hydroxyl groups is 1. The quantitative estimate of drug-likeness (QED) is 0.196. The van der Waals surface area contributed by atoms with Gasteiger partial charge in [0.2, 0.25) is 11.8 Å². The summed E-state index contributed by atoms with van der Waals surface area (Å²) in [6.07, 6.45) is 8.74. The van der Waals surface area contributed by atoms with Crippen LogP contribution < -0.4 is 0 Å². The van der Waals surface area contributed by atoms with Crippen molar-refractivity contribution in [1.82, 2.24) is 9.80 Å². The third-order valence-electron chi connectivity index (χ3n) is 8.29. The monoisotopic (exact) mass is 538 g/mol. The number of hydrogen-bond acceptors (Lipinski definition) is 6. The Morgan fingerprint density at radius 3 is 2.62 bits per heavy atom. The standard InChI is InChI=1S/C31H42N2O6/c1-3-5-13-21-38-30(37)25-24-16-17-31(39-24)26(25)28(35)33(19-11-6-7-12-20-34)27(31)29(36)32(18-4-2)22-23-14-9-8-10-15-23/h3-4,8-10,14-15,24-27,34H,1-2,5-7,11-13,16-22H2/t24-,25+,26-,27?,31?/m0/s1. The van der Waals surface area contributed by atoms with Crippen LogP contribution in [0.2, 0.25) is 0 Å². The summed E-state index contributed by atoms with van der Waals surface area (Å²) in [5.41, 5.74) is -0.0515. The van der Waals surface area contributed by atoms with Crippen LogP contribution in [0.4, 0.5) is 0 Å². The lowest BCUT2D eigenvalue weighted by atomic mass is 9.70. The molecule has 3 aliphatic rings. The fourth-order valence-corrected chi connectivity index (χ4v) is 6.55. The van der Waals surface area contributed by atoms with E-state index in [0.717, 1.165) is 24.8 Å². The molecule has 8 heteroatoms. The van der Waals surface area contributed by atoms with Crippen molar-refractivity contribution in [2.75, 3.05) is 26.3 Å². The predicted octanol–water partition coefficient (Wildman–Crippen LogP) is 3.64. The molecule has 1 N–H and O–H groups in total. The van der Waals surface area contributed by atoms with Crippen LogP contribution >= 0.6 is 0 Å². The SMILES string of the molecule is C=CCCCOC(=O)[C@@H]1[C@@H]2CCC3(O2)C(C(=O)N(CC=C)Cc2ccccc2)N(CCCCCCO)C(=O)[C@H]13. The number of amides is 2. The lowest BCUT2D eigenvalue weighted by Gasteiger charge is -2.37. The van der Waals surface area contributed by atoms with E-state index in [1.807, 2.05) is 30.3 Å². The lowest BCUT2D eigenvalue weighted by Crippen LogP contribution is -2.56. The molecule has 0 radical (unpaired) electrons. The predicted molar refractivity (Wildman–Crippen MR) is 147 cm³/mol. The molecule has 3 heterocycles. The summed E-state index contributed by atoms with van der Waals surface area (Å²) in [5.74, 6) is -2.20. The van der Waals surface area contributed by atoms with E-state index in [1.54, 1.807) is 22.0 Å². The van der Waals surface area contributed by atoms with Gasteiger partial charge in [0.1, 0.15) is 11.6 Å². The Hall–Kier alpha value is -2.97. The molecule has 3 aliphatic heterocycles. The first-order valence-electron chi connectivity index (χ1n) is 14.3. The molecular formula is C31H42N2O6. The third-order valence-corrected chi connectivity index (χ3v) is 8.29. The summed E-state index contributed by atoms with van der Waals surface area (Å²) in [6, 6.07) is 8.94. The summed E-state index contributed by atoms with van der Waals surface area (Å²) >= 11 is 0. The number of aliphatic hydroxyl groups excluding tert-OH is 1. The number of hydrogen-bond donors (Lipinski definition) is 1. The van der Waals surface area contributed by atoms with E-state index >= 15 is 0 Å². The molecule has 2 bridgehead atoms. The molecule has 3 fully saturated rings. The van der Waals surface area contributed by atoms with Crippen molar-refractivity contribution in [3.8, 4) is 0 Å². The Morgan fingerprint density at radius 2 is 1.90 bits per heavy atom. The Bertz CT molecular complexity index is 1030. The van der Waals surface area contributed by atoms with E-state index in [2.05, 4.69) is 13.2 Å². The number of esters is 1. The number of carbonyl (C=O) groups is 3. The Morgan fingerprint density at radius 1 is 1.13 bits per heavy atom. The highest BCUT2D eigenvalue weighted by Gasteiger charge is 2.75. The minimum absolute atomic E-state index is 0.136. The van der Waals surface area contributed by atoms with Gasteiger partial charge in [-0.15, -0.1) is 13.2 Å². The van der Waals surface area contributed by atoms with Gasteiger partial charge >= 0.3 is 5.97 Å². The summed E-state index contributed by atoms with van der Waals surface area (Å²) in [6.45, 7) is 9.09. The second-order valence-electron chi connectivity index (χ2n) is 10.8. The summed E-state index contributed by atoms with van der Waals surface area (Å²) < 4.78 is 12.1. The molecule has 1 spiro atoms. The highest BCUT2D eigenvalue weighted by molar-refractivity contribution is 5.98. The molecule has 0 aromatic heterocycles. The molecule has 5 atom stereocenters. The van der Waals surface area contributed by atoms with E-state index in [0.29, 0.717) is 51.7 Å². The van der Waals surface area contributed by atoms with Gasteiger partial charge in [-0.25, -0.2) is 0 Å². The lowest BCUT2D eigenvalue weighted by molar-refractivity contribution is -0.155. The molecule has 2 amide bonds. The Labute approximate surface area is 231 Å². The summed E-state index contributed by atoms with van der Waals surface area (Å²) in [7, 11) is 0. The van der Waals surface area contributed by atoms with Gasteiger partial charge in [-0.1, -0.05) is 55.3 Å². The normalized spacial score (nSPS) is 26.9. The number of nitrogens with zero attached hydrogens (tertiary/aromatic N) is 2. The molecular weight excluding hydrogens is 496 g/mol. The second-order valence-corrected chi connectivity index (χ2v) is 10.8. The average molecular weight is 539 g/mol. The first-order chi connectivity index (χ1) is 19.0. The zero-order valence-electron chi connectivity index (χ0n) is 22.8. The second kappa shape index (κ2) is 13.4. The van der Waals surface area contributed by atoms with Gasteiger partial charge in [-0.2, -0.15) is 0 Å². The first-order valence-corrected chi connectivity index (χ1v) is 14.3. The number of rotatable bonds is 16. The zero-order chi connectivity index (χ0) is 27.8. The molecule has 0 aliphatic carbocycles. The Kier molecular flexibility index (Phi) is 9.97. The van der Waals surface area contributed by atoms with E-state index < -0.39 is 35.6 Å². The number of fused-ring (bicyclic) bond motifs is 1.